The van der Waals surface area contributed by atoms with E-state index in [4.69, 9.17) is 0 Å². The summed E-state index contributed by atoms with van der Waals surface area (Å²) in [5, 5.41) is 9.32. The first kappa shape index (κ1) is 14.3. The molecule has 2 nitrogen and oxygen atoms in total. The molecule has 2 aromatic rings. The molecule has 0 amide bonds. The Morgan fingerprint density at radius 1 is 1.00 bits per heavy atom. The van der Waals surface area contributed by atoms with Crippen LogP contribution in [-0.4, -0.2) is 11.1 Å². The first-order chi connectivity index (χ1) is 9.47. The standard InChI is InChI=1S/C18H20O2/c1-12-5-4-6-15(9-12)7-8-16-10-13(2)14(3)11-17(16)18(19)20/h4-6,9-11H,7-8H2,1-3H3,(H,19,20). The smallest absolute Gasteiger partial charge is 0.335 e. The van der Waals surface area contributed by atoms with Gasteiger partial charge in [0.15, 0.2) is 0 Å². The van der Waals surface area contributed by atoms with Gasteiger partial charge < -0.3 is 5.11 Å². The Kier molecular flexibility index (Phi) is 4.23. The molecule has 0 radical (unpaired) electrons. The van der Waals surface area contributed by atoms with Crippen LogP contribution in [0.2, 0.25) is 0 Å². The molecule has 0 aliphatic carbocycles. The van der Waals surface area contributed by atoms with Crippen molar-refractivity contribution in [2.45, 2.75) is 33.6 Å². The highest BCUT2D eigenvalue weighted by Gasteiger charge is 2.11. The number of hydrogen-bond donors (Lipinski definition) is 1. The predicted molar refractivity (Wildman–Crippen MR) is 81.5 cm³/mol. The Morgan fingerprint density at radius 2 is 1.70 bits per heavy atom. The Bertz CT molecular complexity index is 642. The third-order valence-electron chi connectivity index (χ3n) is 3.72. The Hall–Kier alpha value is -2.09. The number of aromatic carboxylic acids is 1. The maximum absolute atomic E-state index is 11.4. The molecule has 0 saturated carbocycles. The number of carboxylic acid groups (broad SMARTS) is 1. The van der Waals surface area contributed by atoms with Crippen LogP contribution in [-0.2, 0) is 12.8 Å². The second-order valence-corrected chi connectivity index (χ2v) is 5.39. The van der Waals surface area contributed by atoms with Crippen LogP contribution in [0.1, 0.15) is 38.2 Å². The molecule has 20 heavy (non-hydrogen) atoms. The van der Waals surface area contributed by atoms with Gasteiger partial charge in [0.05, 0.1) is 5.56 Å². The molecule has 0 aliphatic rings. The molecule has 2 rings (SSSR count). The molecule has 0 fully saturated rings. The first-order valence-electron chi connectivity index (χ1n) is 6.86. The van der Waals surface area contributed by atoms with E-state index in [1.54, 1.807) is 6.07 Å². The highest BCUT2D eigenvalue weighted by atomic mass is 16.4. The van der Waals surface area contributed by atoms with Crippen molar-refractivity contribution in [3.8, 4) is 0 Å². The summed E-state index contributed by atoms with van der Waals surface area (Å²) in [7, 11) is 0. The van der Waals surface area contributed by atoms with Crippen molar-refractivity contribution in [2.24, 2.45) is 0 Å². The summed E-state index contributed by atoms with van der Waals surface area (Å²) >= 11 is 0. The lowest BCUT2D eigenvalue weighted by atomic mass is 9.95. The van der Waals surface area contributed by atoms with E-state index in [1.807, 2.05) is 26.0 Å². The molecule has 1 N–H and O–H groups in total. The van der Waals surface area contributed by atoms with Gasteiger partial charge in [-0.15, -0.1) is 0 Å². The molecule has 104 valence electrons. The first-order valence-corrected chi connectivity index (χ1v) is 6.86. The van der Waals surface area contributed by atoms with Crippen molar-refractivity contribution in [3.63, 3.8) is 0 Å². The zero-order chi connectivity index (χ0) is 14.7. The van der Waals surface area contributed by atoms with Crippen LogP contribution in [0.15, 0.2) is 36.4 Å². The van der Waals surface area contributed by atoms with Gasteiger partial charge in [-0.2, -0.15) is 0 Å². The van der Waals surface area contributed by atoms with E-state index in [-0.39, 0.29) is 0 Å². The largest absolute Gasteiger partial charge is 0.478 e. The normalized spacial score (nSPS) is 10.6. The lowest BCUT2D eigenvalue weighted by Gasteiger charge is -2.10. The zero-order valence-corrected chi connectivity index (χ0v) is 12.2. The topological polar surface area (TPSA) is 37.3 Å². The Balaban J connectivity index is 2.24. The number of hydrogen-bond acceptors (Lipinski definition) is 1. The van der Waals surface area contributed by atoms with Crippen LogP contribution < -0.4 is 0 Å². The summed E-state index contributed by atoms with van der Waals surface area (Å²) in [6, 6.07) is 12.2. The van der Waals surface area contributed by atoms with Gasteiger partial charge >= 0.3 is 5.97 Å². The van der Waals surface area contributed by atoms with Crippen molar-refractivity contribution in [2.75, 3.05) is 0 Å². The molecule has 0 saturated heterocycles. The van der Waals surface area contributed by atoms with Gasteiger partial charge in [0.1, 0.15) is 0 Å². The molecule has 0 unspecified atom stereocenters. The van der Waals surface area contributed by atoms with Gasteiger partial charge in [-0.1, -0.05) is 35.9 Å². The zero-order valence-electron chi connectivity index (χ0n) is 12.2. The van der Waals surface area contributed by atoms with E-state index in [2.05, 4.69) is 25.1 Å². The van der Waals surface area contributed by atoms with E-state index >= 15 is 0 Å². The lowest BCUT2D eigenvalue weighted by Crippen LogP contribution is -2.05. The van der Waals surface area contributed by atoms with E-state index in [0.717, 1.165) is 29.5 Å². The second kappa shape index (κ2) is 5.91. The minimum absolute atomic E-state index is 0.431. The summed E-state index contributed by atoms with van der Waals surface area (Å²) in [4.78, 5) is 11.4. The number of aryl methyl sites for hydroxylation is 5. The van der Waals surface area contributed by atoms with Gasteiger partial charge in [0.2, 0.25) is 0 Å². The maximum atomic E-state index is 11.4. The molecule has 0 spiro atoms. The average Bonchev–Trinajstić information content (AvgIpc) is 2.39. The van der Waals surface area contributed by atoms with Crippen LogP contribution in [0.25, 0.3) is 0 Å². The monoisotopic (exact) mass is 268 g/mol. The summed E-state index contributed by atoms with van der Waals surface area (Å²) in [5.41, 5.74) is 6.01. The molecular formula is C18H20O2. The van der Waals surface area contributed by atoms with E-state index in [1.165, 1.54) is 11.1 Å². The molecule has 0 atom stereocenters. The van der Waals surface area contributed by atoms with Crippen LogP contribution in [0, 0.1) is 20.8 Å². The van der Waals surface area contributed by atoms with Gasteiger partial charge in [0.25, 0.3) is 0 Å². The van der Waals surface area contributed by atoms with E-state index < -0.39 is 5.97 Å². The van der Waals surface area contributed by atoms with Gasteiger partial charge in [0, 0.05) is 0 Å². The number of benzene rings is 2. The second-order valence-electron chi connectivity index (χ2n) is 5.39. The Morgan fingerprint density at radius 3 is 2.35 bits per heavy atom. The highest BCUT2D eigenvalue weighted by molar-refractivity contribution is 5.89. The lowest BCUT2D eigenvalue weighted by molar-refractivity contribution is 0.0695. The van der Waals surface area contributed by atoms with E-state index in [9.17, 15) is 9.90 Å². The number of carbonyl (C=O) groups is 1. The number of rotatable bonds is 4. The van der Waals surface area contributed by atoms with Crippen LogP contribution in [0.3, 0.4) is 0 Å². The summed E-state index contributed by atoms with van der Waals surface area (Å²) < 4.78 is 0. The van der Waals surface area contributed by atoms with Gasteiger partial charge in [-0.05, 0) is 61.9 Å². The average molecular weight is 268 g/mol. The van der Waals surface area contributed by atoms with Gasteiger partial charge in [-0.25, -0.2) is 4.79 Å². The Labute approximate surface area is 120 Å². The van der Waals surface area contributed by atoms with E-state index in [0.29, 0.717) is 5.56 Å². The summed E-state index contributed by atoms with van der Waals surface area (Å²) in [6.07, 6.45) is 1.62. The van der Waals surface area contributed by atoms with Crippen LogP contribution in [0.5, 0.6) is 0 Å². The number of carboxylic acids is 1. The van der Waals surface area contributed by atoms with Crippen molar-refractivity contribution < 1.29 is 9.90 Å². The SMILES string of the molecule is Cc1cccc(CCc2cc(C)c(C)cc2C(=O)O)c1. The molecule has 0 bridgehead atoms. The minimum Gasteiger partial charge on any atom is -0.478 e. The summed E-state index contributed by atoms with van der Waals surface area (Å²) in [5.74, 6) is -0.840. The molecule has 0 heterocycles. The summed E-state index contributed by atoms with van der Waals surface area (Å²) in [6.45, 7) is 6.05. The highest BCUT2D eigenvalue weighted by Crippen LogP contribution is 2.18. The fraction of sp³-hybridized carbons (Fsp3) is 0.278. The van der Waals surface area contributed by atoms with Crippen LogP contribution in [0.4, 0.5) is 0 Å². The third kappa shape index (κ3) is 3.27. The van der Waals surface area contributed by atoms with Crippen molar-refractivity contribution >= 4 is 5.97 Å². The van der Waals surface area contributed by atoms with Crippen molar-refractivity contribution in [1.82, 2.24) is 0 Å². The molecule has 0 aliphatic heterocycles. The molecule has 0 aromatic heterocycles. The van der Waals surface area contributed by atoms with Crippen LogP contribution >= 0.6 is 0 Å². The fourth-order valence-corrected chi connectivity index (χ4v) is 2.43. The fourth-order valence-electron chi connectivity index (χ4n) is 2.43. The van der Waals surface area contributed by atoms with Crippen molar-refractivity contribution in [3.05, 3.63) is 69.8 Å². The molecular weight excluding hydrogens is 248 g/mol. The maximum Gasteiger partial charge on any atom is 0.335 e. The quantitative estimate of drug-likeness (QED) is 0.906. The molecule has 2 heteroatoms. The minimum atomic E-state index is -0.840. The van der Waals surface area contributed by atoms with Gasteiger partial charge in [-0.3, -0.25) is 0 Å². The third-order valence-corrected chi connectivity index (χ3v) is 3.72. The van der Waals surface area contributed by atoms with Crippen molar-refractivity contribution in [1.29, 1.82) is 0 Å². The predicted octanol–water partition coefficient (Wildman–Crippen LogP) is 4.10. The molecule has 2 aromatic carbocycles.